The highest BCUT2D eigenvalue weighted by atomic mass is 32.2. The maximum Gasteiger partial charge on any atom is 0.246 e. The number of aryl methyl sites for hydroxylation is 2. The zero-order valence-electron chi connectivity index (χ0n) is 19.3. The van der Waals surface area contributed by atoms with E-state index in [4.69, 9.17) is 4.74 Å². The van der Waals surface area contributed by atoms with Crippen LogP contribution in [0.2, 0.25) is 0 Å². The van der Waals surface area contributed by atoms with Crippen LogP contribution >= 0.6 is 0 Å². The van der Waals surface area contributed by atoms with Gasteiger partial charge in [-0.05, 0) is 80.5 Å². The molecule has 1 unspecified atom stereocenters. The van der Waals surface area contributed by atoms with Crippen molar-refractivity contribution in [2.24, 2.45) is 5.92 Å². The lowest BCUT2D eigenvalue weighted by Crippen LogP contribution is -2.33. The first kappa shape index (κ1) is 24.9. The average molecular weight is 443 g/mol. The minimum Gasteiger partial charge on any atom is -0.456 e. The van der Waals surface area contributed by atoms with E-state index in [2.05, 4.69) is 13.8 Å². The quantitative estimate of drug-likeness (QED) is 0.416. The van der Waals surface area contributed by atoms with E-state index in [0.717, 1.165) is 30.4 Å². The molecule has 0 fully saturated rings. The van der Waals surface area contributed by atoms with Gasteiger partial charge in [-0.15, -0.1) is 0 Å². The molecule has 0 saturated heterocycles. The van der Waals surface area contributed by atoms with E-state index < -0.39 is 10.0 Å². The van der Waals surface area contributed by atoms with Crippen molar-refractivity contribution >= 4 is 10.0 Å². The van der Waals surface area contributed by atoms with Crippen LogP contribution in [0.5, 0.6) is 11.5 Å². The van der Waals surface area contributed by atoms with Crippen LogP contribution in [-0.2, 0) is 10.0 Å². The number of benzene rings is 2. The van der Waals surface area contributed by atoms with Crippen LogP contribution in [0.1, 0.15) is 63.1 Å². The third-order valence-electron chi connectivity index (χ3n) is 5.39. The second-order valence-corrected chi connectivity index (χ2v) is 10.2. The van der Waals surface area contributed by atoms with Crippen LogP contribution in [0.4, 0.5) is 0 Å². The van der Waals surface area contributed by atoms with Gasteiger partial charge in [-0.2, -0.15) is 9.57 Å². The van der Waals surface area contributed by atoms with Crippen molar-refractivity contribution in [3.05, 3.63) is 53.1 Å². The number of ether oxygens (including phenoxy) is 1. The summed E-state index contributed by atoms with van der Waals surface area (Å²) >= 11 is 0. The van der Waals surface area contributed by atoms with Gasteiger partial charge in [0, 0.05) is 13.1 Å². The normalized spacial score (nSPS) is 12.5. The molecule has 0 amide bonds. The zero-order valence-corrected chi connectivity index (χ0v) is 20.1. The summed E-state index contributed by atoms with van der Waals surface area (Å²) < 4.78 is 34.8. The highest BCUT2D eigenvalue weighted by Crippen LogP contribution is 2.33. The Hall–Kier alpha value is -2.36. The van der Waals surface area contributed by atoms with Crippen LogP contribution in [0.25, 0.3) is 0 Å². The molecule has 0 aromatic heterocycles. The number of hydrogen-bond acceptors (Lipinski definition) is 4. The SMILES string of the molecule is CCCN(CCCC(C)CC)S(=O)(=O)c1cc(C#N)ccc1Oc1cc(C)cc(C)c1. The van der Waals surface area contributed by atoms with E-state index in [-0.39, 0.29) is 10.6 Å². The maximum absolute atomic E-state index is 13.6. The van der Waals surface area contributed by atoms with E-state index in [0.29, 0.717) is 36.7 Å². The van der Waals surface area contributed by atoms with E-state index in [9.17, 15) is 13.7 Å². The van der Waals surface area contributed by atoms with Gasteiger partial charge in [-0.3, -0.25) is 0 Å². The smallest absolute Gasteiger partial charge is 0.246 e. The highest BCUT2D eigenvalue weighted by Gasteiger charge is 2.28. The average Bonchev–Trinajstić information content (AvgIpc) is 2.72. The van der Waals surface area contributed by atoms with Crippen LogP contribution in [-0.4, -0.2) is 25.8 Å². The van der Waals surface area contributed by atoms with Crippen molar-refractivity contribution in [2.75, 3.05) is 13.1 Å². The summed E-state index contributed by atoms with van der Waals surface area (Å²) in [5, 5.41) is 9.35. The van der Waals surface area contributed by atoms with Crippen molar-refractivity contribution in [1.29, 1.82) is 5.26 Å². The lowest BCUT2D eigenvalue weighted by molar-refractivity contribution is 0.376. The Kier molecular flexibility index (Phi) is 9.09. The second-order valence-electron chi connectivity index (χ2n) is 8.26. The molecule has 0 aliphatic rings. The first-order valence-electron chi connectivity index (χ1n) is 11.0. The molecule has 0 radical (unpaired) electrons. The Morgan fingerprint density at radius 1 is 1.06 bits per heavy atom. The summed E-state index contributed by atoms with van der Waals surface area (Å²) in [7, 11) is -3.81. The van der Waals surface area contributed by atoms with Gasteiger partial charge in [0.05, 0.1) is 11.6 Å². The van der Waals surface area contributed by atoms with E-state index in [1.165, 1.54) is 10.4 Å². The largest absolute Gasteiger partial charge is 0.456 e. The Balaban J connectivity index is 2.42. The molecule has 0 aliphatic carbocycles. The summed E-state index contributed by atoms with van der Waals surface area (Å²) in [6, 6.07) is 12.4. The third kappa shape index (κ3) is 6.81. The fraction of sp³-hybridized carbons (Fsp3) is 0.480. The molecule has 2 rings (SSSR count). The van der Waals surface area contributed by atoms with Crippen molar-refractivity contribution in [3.63, 3.8) is 0 Å². The molecule has 0 bridgehead atoms. The second kappa shape index (κ2) is 11.3. The van der Waals surface area contributed by atoms with Gasteiger partial charge in [-0.1, -0.05) is 33.3 Å². The molecule has 5 nitrogen and oxygen atoms in total. The molecule has 0 spiro atoms. The molecular formula is C25H34N2O3S. The van der Waals surface area contributed by atoms with Crippen molar-refractivity contribution in [3.8, 4) is 17.6 Å². The minimum absolute atomic E-state index is 0.0442. The summed E-state index contributed by atoms with van der Waals surface area (Å²) in [6.07, 6.45) is 3.59. The molecule has 0 heterocycles. The molecule has 2 aromatic carbocycles. The highest BCUT2D eigenvalue weighted by molar-refractivity contribution is 7.89. The number of nitrogens with zero attached hydrogens (tertiary/aromatic N) is 2. The lowest BCUT2D eigenvalue weighted by atomic mass is 10.0. The summed E-state index contributed by atoms with van der Waals surface area (Å²) in [5.41, 5.74) is 2.36. The van der Waals surface area contributed by atoms with Crippen LogP contribution in [0.15, 0.2) is 41.3 Å². The zero-order chi connectivity index (χ0) is 23.0. The lowest BCUT2D eigenvalue weighted by Gasteiger charge is -2.24. The summed E-state index contributed by atoms with van der Waals surface area (Å²) in [4.78, 5) is 0.0442. The Bertz CT molecular complexity index is 1010. The molecule has 0 N–H and O–H groups in total. The predicted molar refractivity (Wildman–Crippen MR) is 125 cm³/mol. The molecule has 31 heavy (non-hydrogen) atoms. The Labute approximate surface area is 187 Å². The summed E-state index contributed by atoms with van der Waals surface area (Å²) in [6.45, 7) is 11.1. The van der Waals surface area contributed by atoms with E-state index in [1.807, 2.05) is 45.0 Å². The standard InChI is InChI=1S/C25H34N2O3S/c1-6-12-27(13-8-9-19(3)7-2)31(28,29)25-17-22(18-26)10-11-24(25)30-23-15-20(4)14-21(5)16-23/h10-11,14-17,19H,6-9,12-13H2,1-5H3. The van der Waals surface area contributed by atoms with Gasteiger partial charge in [0.2, 0.25) is 10.0 Å². The fourth-order valence-electron chi connectivity index (χ4n) is 3.54. The molecule has 0 aliphatic heterocycles. The molecular weight excluding hydrogens is 408 g/mol. The number of hydrogen-bond donors (Lipinski definition) is 0. The molecule has 6 heteroatoms. The third-order valence-corrected chi connectivity index (χ3v) is 7.31. The fourth-order valence-corrected chi connectivity index (χ4v) is 5.25. The first-order valence-corrected chi connectivity index (χ1v) is 12.5. The number of rotatable bonds is 11. The number of sulfonamides is 1. The van der Waals surface area contributed by atoms with Gasteiger partial charge in [0.25, 0.3) is 0 Å². The van der Waals surface area contributed by atoms with Gasteiger partial charge < -0.3 is 4.74 Å². The van der Waals surface area contributed by atoms with Crippen LogP contribution in [0, 0.1) is 31.1 Å². The molecule has 2 aromatic rings. The van der Waals surface area contributed by atoms with Gasteiger partial charge in [-0.25, -0.2) is 8.42 Å². The van der Waals surface area contributed by atoms with Crippen LogP contribution < -0.4 is 4.74 Å². The molecule has 1 atom stereocenters. The topological polar surface area (TPSA) is 70.4 Å². The van der Waals surface area contributed by atoms with E-state index in [1.54, 1.807) is 12.1 Å². The van der Waals surface area contributed by atoms with Crippen LogP contribution in [0.3, 0.4) is 0 Å². The maximum atomic E-state index is 13.6. The van der Waals surface area contributed by atoms with E-state index >= 15 is 0 Å². The predicted octanol–water partition coefficient (Wildman–Crippen LogP) is 6.19. The van der Waals surface area contributed by atoms with Gasteiger partial charge >= 0.3 is 0 Å². The van der Waals surface area contributed by atoms with Crippen molar-refractivity contribution in [2.45, 2.75) is 65.2 Å². The molecule has 168 valence electrons. The Morgan fingerprint density at radius 3 is 2.32 bits per heavy atom. The minimum atomic E-state index is -3.81. The monoisotopic (exact) mass is 442 g/mol. The first-order chi connectivity index (χ1) is 14.7. The van der Waals surface area contributed by atoms with Gasteiger partial charge in [0.1, 0.15) is 16.4 Å². The Morgan fingerprint density at radius 2 is 1.74 bits per heavy atom. The molecule has 0 saturated carbocycles. The van der Waals surface area contributed by atoms with Crippen molar-refractivity contribution in [1.82, 2.24) is 4.31 Å². The summed E-state index contributed by atoms with van der Waals surface area (Å²) in [5.74, 6) is 1.39. The number of nitriles is 1. The van der Waals surface area contributed by atoms with Gasteiger partial charge in [0.15, 0.2) is 0 Å². The van der Waals surface area contributed by atoms with Crippen molar-refractivity contribution < 1.29 is 13.2 Å².